The van der Waals surface area contributed by atoms with E-state index in [0.29, 0.717) is 25.0 Å². The van der Waals surface area contributed by atoms with Crippen LogP contribution in [0.3, 0.4) is 0 Å². The van der Waals surface area contributed by atoms with E-state index in [1.807, 2.05) is 26.8 Å². The van der Waals surface area contributed by atoms with Gasteiger partial charge in [-0.2, -0.15) is 0 Å². The number of carbonyl (C=O) groups is 1. The van der Waals surface area contributed by atoms with Gasteiger partial charge in [-0.05, 0) is 46.5 Å². The Morgan fingerprint density at radius 2 is 2.14 bits per heavy atom. The van der Waals surface area contributed by atoms with E-state index in [1.165, 1.54) is 0 Å². The van der Waals surface area contributed by atoms with E-state index in [9.17, 15) is 4.79 Å². The minimum absolute atomic E-state index is 0.123. The number of nitrogens with one attached hydrogen (secondary N) is 2. The highest BCUT2D eigenvalue weighted by Crippen LogP contribution is 2.22. The Balaban J connectivity index is 1.86. The quantitative estimate of drug-likeness (QED) is 0.552. The average molecular weight is 408 g/mol. The molecule has 1 aromatic heterocycles. The standard InChI is InChI=1S/C21H37N5O3/c1-7-15(8-2)18-12-17(29-25-18)13-23-19(22-6)24-16-10-9-11-26(14-16)20(27)28-21(3,4)5/h12,15-16H,7-11,13-14H2,1-6H3,(H2,22,23,24). The van der Waals surface area contributed by atoms with Crippen LogP contribution in [0.1, 0.15) is 77.7 Å². The Morgan fingerprint density at radius 3 is 2.76 bits per heavy atom. The highest BCUT2D eigenvalue weighted by molar-refractivity contribution is 5.80. The molecule has 2 N–H and O–H groups in total. The molecule has 2 heterocycles. The number of ether oxygens (including phenoxy) is 1. The van der Waals surface area contributed by atoms with Crippen LogP contribution < -0.4 is 10.6 Å². The van der Waals surface area contributed by atoms with Crippen molar-refractivity contribution in [3.8, 4) is 0 Å². The van der Waals surface area contributed by atoms with E-state index >= 15 is 0 Å². The number of guanidine groups is 1. The molecule has 0 radical (unpaired) electrons. The number of hydrogen-bond acceptors (Lipinski definition) is 5. The van der Waals surface area contributed by atoms with Crippen LogP contribution in [0, 0.1) is 0 Å². The minimum Gasteiger partial charge on any atom is -0.444 e. The van der Waals surface area contributed by atoms with E-state index in [1.54, 1.807) is 11.9 Å². The largest absolute Gasteiger partial charge is 0.444 e. The fourth-order valence-corrected chi connectivity index (χ4v) is 3.46. The molecule has 1 aliphatic heterocycles. The van der Waals surface area contributed by atoms with Crippen molar-refractivity contribution in [2.24, 2.45) is 4.99 Å². The lowest BCUT2D eigenvalue weighted by atomic mass is 9.99. The third kappa shape index (κ3) is 7.25. The fourth-order valence-electron chi connectivity index (χ4n) is 3.46. The predicted octanol–water partition coefficient (Wildman–Crippen LogP) is 3.64. The van der Waals surface area contributed by atoms with Crippen LogP contribution in [-0.2, 0) is 11.3 Å². The van der Waals surface area contributed by atoms with Gasteiger partial charge >= 0.3 is 6.09 Å². The Hall–Kier alpha value is -2.25. The SMILES string of the molecule is CCC(CC)c1cc(CNC(=NC)NC2CCCN(C(=O)OC(C)(C)C)C2)on1. The van der Waals surface area contributed by atoms with Gasteiger partial charge in [-0.15, -0.1) is 0 Å². The summed E-state index contributed by atoms with van der Waals surface area (Å²) in [5, 5.41) is 10.9. The van der Waals surface area contributed by atoms with E-state index in [4.69, 9.17) is 9.26 Å². The molecule has 8 heteroatoms. The topological polar surface area (TPSA) is 92.0 Å². The summed E-state index contributed by atoms with van der Waals surface area (Å²) in [6, 6.07) is 2.14. The number of amides is 1. The first-order chi connectivity index (χ1) is 13.8. The van der Waals surface area contributed by atoms with Gasteiger partial charge in [0, 0.05) is 38.2 Å². The molecule has 0 saturated carbocycles. The maximum Gasteiger partial charge on any atom is 0.410 e. The summed E-state index contributed by atoms with van der Waals surface area (Å²) in [5.74, 6) is 1.90. The van der Waals surface area contributed by atoms with E-state index < -0.39 is 5.60 Å². The van der Waals surface area contributed by atoms with Gasteiger partial charge in [-0.25, -0.2) is 4.79 Å². The maximum absolute atomic E-state index is 12.3. The molecule has 1 atom stereocenters. The van der Waals surface area contributed by atoms with Gasteiger partial charge in [-0.3, -0.25) is 4.99 Å². The molecule has 0 aliphatic carbocycles. The van der Waals surface area contributed by atoms with Gasteiger partial charge in [0.15, 0.2) is 11.7 Å². The maximum atomic E-state index is 12.3. The summed E-state index contributed by atoms with van der Waals surface area (Å²) in [6.07, 6.45) is 3.74. The number of hydrogen-bond donors (Lipinski definition) is 2. The molecule has 8 nitrogen and oxygen atoms in total. The number of carbonyl (C=O) groups excluding carboxylic acids is 1. The zero-order valence-corrected chi connectivity index (χ0v) is 18.7. The number of aliphatic imine (C=N–C) groups is 1. The normalized spacial score (nSPS) is 18.1. The van der Waals surface area contributed by atoms with E-state index in [2.05, 4.69) is 34.6 Å². The zero-order valence-electron chi connectivity index (χ0n) is 18.7. The molecule has 164 valence electrons. The van der Waals surface area contributed by atoms with Crippen molar-refractivity contribution in [1.29, 1.82) is 0 Å². The summed E-state index contributed by atoms with van der Waals surface area (Å²) in [5.41, 5.74) is 0.523. The molecule has 0 aromatic carbocycles. The van der Waals surface area contributed by atoms with Crippen LogP contribution in [-0.4, -0.2) is 53.9 Å². The second-order valence-corrected chi connectivity index (χ2v) is 8.57. The van der Waals surface area contributed by atoms with E-state index in [0.717, 1.165) is 43.7 Å². The Labute approximate surface area is 174 Å². The molecule has 1 aliphatic rings. The van der Waals surface area contributed by atoms with Crippen molar-refractivity contribution >= 4 is 12.1 Å². The molecular weight excluding hydrogens is 370 g/mol. The summed E-state index contributed by atoms with van der Waals surface area (Å²) < 4.78 is 11.0. The van der Waals surface area contributed by atoms with Crippen LogP contribution in [0.25, 0.3) is 0 Å². The lowest BCUT2D eigenvalue weighted by Crippen LogP contribution is -2.53. The van der Waals surface area contributed by atoms with Crippen LogP contribution in [0.2, 0.25) is 0 Å². The zero-order chi connectivity index (χ0) is 21.4. The van der Waals surface area contributed by atoms with Crippen molar-refractivity contribution in [3.63, 3.8) is 0 Å². The molecule has 1 saturated heterocycles. The van der Waals surface area contributed by atoms with Gasteiger partial charge < -0.3 is 24.8 Å². The molecule has 1 aromatic rings. The van der Waals surface area contributed by atoms with Gasteiger partial charge in [0.2, 0.25) is 0 Å². The summed E-state index contributed by atoms with van der Waals surface area (Å²) >= 11 is 0. The van der Waals surface area contributed by atoms with Crippen LogP contribution in [0.5, 0.6) is 0 Å². The molecule has 0 spiro atoms. The fraction of sp³-hybridized carbons (Fsp3) is 0.762. The summed E-state index contributed by atoms with van der Waals surface area (Å²) in [6.45, 7) is 11.8. The predicted molar refractivity (Wildman–Crippen MR) is 114 cm³/mol. The molecule has 1 fully saturated rings. The summed E-state index contributed by atoms with van der Waals surface area (Å²) in [4.78, 5) is 18.4. The smallest absolute Gasteiger partial charge is 0.410 e. The number of likely N-dealkylation sites (tertiary alicyclic amines) is 1. The minimum atomic E-state index is -0.487. The van der Waals surface area contributed by atoms with E-state index in [-0.39, 0.29) is 12.1 Å². The molecule has 0 bridgehead atoms. The first kappa shape index (κ1) is 23.0. The monoisotopic (exact) mass is 407 g/mol. The Morgan fingerprint density at radius 1 is 1.41 bits per heavy atom. The third-order valence-corrected chi connectivity index (χ3v) is 5.05. The highest BCUT2D eigenvalue weighted by atomic mass is 16.6. The average Bonchev–Trinajstić information content (AvgIpc) is 3.14. The number of piperidine rings is 1. The number of aromatic nitrogens is 1. The third-order valence-electron chi connectivity index (χ3n) is 5.05. The number of rotatable bonds is 6. The second kappa shape index (κ2) is 10.5. The van der Waals surface area contributed by atoms with Gasteiger partial charge in [0.1, 0.15) is 5.60 Å². The Bertz CT molecular complexity index is 676. The van der Waals surface area contributed by atoms with Gasteiger partial charge in [-0.1, -0.05) is 19.0 Å². The first-order valence-electron chi connectivity index (χ1n) is 10.7. The second-order valence-electron chi connectivity index (χ2n) is 8.57. The molecule has 1 amide bonds. The lowest BCUT2D eigenvalue weighted by Gasteiger charge is -2.35. The van der Waals surface area contributed by atoms with Gasteiger partial charge in [0.25, 0.3) is 0 Å². The Kier molecular flexibility index (Phi) is 8.34. The van der Waals surface area contributed by atoms with Crippen molar-refractivity contribution in [2.45, 2.75) is 84.4 Å². The molecule has 2 rings (SSSR count). The number of nitrogens with zero attached hydrogens (tertiary/aromatic N) is 3. The lowest BCUT2D eigenvalue weighted by molar-refractivity contribution is 0.0193. The van der Waals surface area contributed by atoms with Crippen LogP contribution >= 0.6 is 0 Å². The van der Waals surface area contributed by atoms with Gasteiger partial charge in [0.05, 0.1) is 12.2 Å². The van der Waals surface area contributed by atoms with Crippen molar-refractivity contribution in [3.05, 3.63) is 17.5 Å². The van der Waals surface area contributed by atoms with Crippen LogP contribution in [0.15, 0.2) is 15.6 Å². The first-order valence-corrected chi connectivity index (χ1v) is 10.7. The van der Waals surface area contributed by atoms with Crippen molar-refractivity contribution < 1.29 is 14.1 Å². The van der Waals surface area contributed by atoms with Crippen LogP contribution in [0.4, 0.5) is 4.79 Å². The van der Waals surface area contributed by atoms with Crippen molar-refractivity contribution in [2.75, 3.05) is 20.1 Å². The highest BCUT2D eigenvalue weighted by Gasteiger charge is 2.28. The summed E-state index contributed by atoms with van der Waals surface area (Å²) in [7, 11) is 1.74. The molecule has 29 heavy (non-hydrogen) atoms. The molecule has 1 unspecified atom stereocenters. The molecular formula is C21H37N5O3. The van der Waals surface area contributed by atoms with Crippen molar-refractivity contribution in [1.82, 2.24) is 20.7 Å².